The van der Waals surface area contributed by atoms with Crippen LogP contribution in [0.15, 0.2) is 17.4 Å². The van der Waals surface area contributed by atoms with Crippen LogP contribution in [0.5, 0.6) is 0 Å². The number of fused-ring (bicyclic) bond motifs is 4. The van der Waals surface area contributed by atoms with Crippen molar-refractivity contribution >= 4 is 49.4 Å². The van der Waals surface area contributed by atoms with Crippen molar-refractivity contribution in [1.82, 2.24) is 15.0 Å². The summed E-state index contributed by atoms with van der Waals surface area (Å²) >= 11 is 2.90. The molecule has 0 fully saturated rings. The summed E-state index contributed by atoms with van der Waals surface area (Å²) in [6.45, 7) is 4.73. The molecule has 3 aromatic rings. The maximum atomic E-state index is 11.1. The summed E-state index contributed by atoms with van der Waals surface area (Å²) in [5.74, 6) is -0.160. The number of primary amides is 1. The van der Waals surface area contributed by atoms with Crippen LogP contribution in [0.4, 0.5) is 0 Å². The van der Waals surface area contributed by atoms with E-state index >= 15 is 0 Å². The molecule has 6 nitrogen and oxygen atoms in total. The van der Waals surface area contributed by atoms with E-state index < -0.39 is 0 Å². The minimum absolute atomic E-state index is 0.188. The van der Waals surface area contributed by atoms with Gasteiger partial charge in [0.2, 0.25) is 5.91 Å². The molecule has 124 valence electrons. The number of hydrogen-bond donors (Lipinski definition) is 1. The van der Waals surface area contributed by atoms with Crippen molar-refractivity contribution in [2.45, 2.75) is 37.5 Å². The van der Waals surface area contributed by atoms with Crippen molar-refractivity contribution in [1.29, 1.82) is 0 Å². The highest BCUT2D eigenvalue weighted by atomic mass is 32.2. The molecule has 0 aliphatic carbocycles. The SMILES string of the molecule is CC1(C)Cc2nc3sc4c(SCC(N)=O)ncnc4c3cc2CO1. The van der Waals surface area contributed by atoms with E-state index in [2.05, 4.69) is 29.9 Å². The first-order chi connectivity index (χ1) is 11.4. The molecule has 0 unspecified atom stereocenters. The summed E-state index contributed by atoms with van der Waals surface area (Å²) in [5.41, 5.74) is 8.13. The molecule has 2 N–H and O–H groups in total. The Morgan fingerprint density at radius 1 is 1.46 bits per heavy atom. The molecule has 0 bridgehead atoms. The lowest BCUT2D eigenvalue weighted by Gasteiger charge is -2.30. The molecule has 0 radical (unpaired) electrons. The highest BCUT2D eigenvalue weighted by Gasteiger charge is 2.28. The second-order valence-corrected chi connectivity index (χ2v) is 8.35. The summed E-state index contributed by atoms with van der Waals surface area (Å²) in [4.78, 5) is 25.6. The van der Waals surface area contributed by atoms with Crippen LogP contribution in [0, 0.1) is 0 Å². The van der Waals surface area contributed by atoms with Crippen molar-refractivity contribution in [3.05, 3.63) is 23.7 Å². The average Bonchev–Trinajstić information content (AvgIpc) is 2.88. The Balaban J connectivity index is 1.86. The van der Waals surface area contributed by atoms with Crippen LogP contribution in [-0.4, -0.2) is 32.2 Å². The van der Waals surface area contributed by atoms with Crippen LogP contribution in [0.25, 0.3) is 20.4 Å². The van der Waals surface area contributed by atoms with Gasteiger partial charge in [-0.1, -0.05) is 11.8 Å². The zero-order valence-corrected chi connectivity index (χ0v) is 15.0. The van der Waals surface area contributed by atoms with Gasteiger partial charge in [0.25, 0.3) is 0 Å². The van der Waals surface area contributed by atoms with E-state index in [0.717, 1.165) is 43.1 Å². The molecular formula is C16H16N4O2S2. The van der Waals surface area contributed by atoms with E-state index in [4.69, 9.17) is 15.5 Å². The number of rotatable bonds is 3. The number of pyridine rings is 1. The van der Waals surface area contributed by atoms with Crippen LogP contribution in [0.2, 0.25) is 0 Å². The van der Waals surface area contributed by atoms with Crippen LogP contribution in [-0.2, 0) is 22.6 Å². The fourth-order valence-corrected chi connectivity index (χ4v) is 4.75. The molecule has 0 spiro atoms. The van der Waals surface area contributed by atoms with Crippen molar-refractivity contribution < 1.29 is 9.53 Å². The predicted molar refractivity (Wildman–Crippen MR) is 95.2 cm³/mol. The van der Waals surface area contributed by atoms with Gasteiger partial charge >= 0.3 is 0 Å². The zero-order chi connectivity index (χ0) is 16.9. The van der Waals surface area contributed by atoms with E-state index in [0.29, 0.717) is 6.61 Å². The minimum Gasteiger partial charge on any atom is -0.370 e. The molecule has 0 saturated heterocycles. The molecule has 4 rings (SSSR count). The molecule has 24 heavy (non-hydrogen) atoms. The minimum atomic E-state index is -0.360. The Hall–Kier alpha value is -1.77. The maximum Gasteiger partial charge on any atom is 0.227 e. The third kappa shape index (κ3) is 2.74. The third-order valence-corrected chi connectivity index (χ3v) is 6.18. The number of nitrogens with zero attached hydrogens (tertiary/aromatic N) is 3. The lowest BCUT2D eigenvalue weighted by Crippen LogP contribution is -2.32. The van der Waals surface area contributed by atoms with E-state index in [1.165, 1.54) is 18.1 Å². The number of nitrogens with two attached hydrogens (primary N) is 1. The summed E-state index contributed by atoms with van der Waals surface area (Å²) in [7, 11) is 0. The topological polar surface area (TPSA) is 91.0 Å². The van der Waals surface area contributed by atoms with Crippen LogP contribution in [0.3, 0.4) is 0 Å². The smallest absolute Gasteiger partial charge is 0.227 e. The number of ether oxygens (including phenoxy) is 1. The second-order valence-electron chi connectivity index (χ2n) is 6.39. The second kappa shape index (κ2) is 5.65. The van der Waals surface area contributed by atoms with Gasteiger partial charge in [-0.2, -0.15) is 0 Å². The van der Waals surface area contributed by atoms with Gasteiger partial charge in [-0.25, -0.2) is 15.0 Å². The van der Waals surface area contributed by atoms with Crippen molar-refractivity contribution in [2.24, 2.45) is 5.73 Å². The Morgan fingerprint density at radius 2 is 2.29 bits per heavy atom. The Morgan fingerprint density at radius 3 is 3.08 bits per heavy atom. The molecule has 0 aromatic carbocycles. The van der Waals surface area contributed by atoms with Crippen molar-refractivity contribution in [2.75, 3.05) is 5.75 Å². The van der Waals surface area contributed by atoms with Gasteiger partial charge in [0.05, 0.1) is 33.9 Å². The number of aromatic nitrogens is 3. The van der Waals surface area contributed by atoms with Crippen molar-refractivity contribution in [3.63, 3.8) is 0 Å². The first kappa shape index (κ1) is 15.7. The molecule has 1 aliphatic heterocycles. The van der Waals surface area contributed by atoms with Crippen LogP contribution >= 0.6 is 23.1 Å². The third-order valence-electron chi connectivity index (χ3n) is 3.94. The van der Waals surface area contributed by atoms with E-state index in [1.54, 1.807) is 11.3 Å². The van der Waals surface area contributed by atoms with Gasteiger partial charge in [0.15, 0.2) is 0 Å². The van der Waals surface area contributed by atoms with Gasteiger partial charge in [0, 0.05) is 17.4 Å². The summed E-state index contributed by atoms with van der Waals surface area (Å²) in [6.07, 6.45) is 2.32. The maximum absolute atomic E-state index is 11.1. The van der Waals surface area contributed by atoms with Crippen molar-refractivity contribution in [3.8, 4) is 0 Å². The Labute approximate surface area is 146 Å². The molecular weight excluding hydrogens is 344 g/mol. The summed E-state index contributed by atoms with van der Waals surface area (Å²) in [6, 6.07) is 2.13. The first-order valence-corrected chi connectivity index (χ1v) is 9.34. The predicted octanol–water partition coefficient (Wildman–Crippen LogP) is 2.67. The van der Waals surface area contributed by atoms with E-state index in [1.807, 2.05) is 0 Å². The molecule has 4 heterocycles. The first-order valence-electron chi connectivity index (χ1n) is 7.54. The quantitative estimate of drug-likeness (QED) is 0.570. The number of thioether (sulfide) groups is 1. The molecule has 0 saturated carbocycles. The fourth-order valence-electron chi connectivity index (χ4n) is 2.81. The number of hydrogen-bond acceptors (Lipinski definition) is 7. The zero-order valence-electron chi connectivity index (χ0n) is 13.3. The molecule has 0 atom stereocenters. The number of thiophene rings is 1. The van der Waals surface area contributed by atoms with Crippen LogP contribution in [0.1, 0.15) is 25.1 Å². The average molecular weight is 360 g/mol. The lowest BCUT2D eigenvalue weighted by atomic mass is 9.95. The summed E-state index contributed by atoms with van der Waals surface area (Å²) in [5, 5.41) is 1.79. The largest absolute Gasteiger partial charge is 0.370 e. The molecule has 3 aromatic heterocycles. The monoisotopic (exact) mass is 360 g/mol. The Kier molecular flexibility index (Phi) is 3.70. The lowest BCUT2D eigenvalue weighted by molar-refractivity contribution is -0.115. The van der Waals surface area contributed by atoms with Gasteiger partial charge in [0.1, 0.15) is 16.2 Å². The van der Waals surface area contributed by atoms with Gasteiger partial charge in [-0.3, -0.25) is 4.79 Å². The van der Waals surface area contributed by atoms with E-state index in [-0.39, 0.29) is 17.3 Å². The highest BCUT2D eigenvalue weighted by molar-refractivity contribution is 8.00. The normalized spacial score (nSPS) is 16.4. The number of carbonyl (C=O) groups excluding carboxylic acids is 1. The van der Waals surface area contributed by atoms with Gasteiger partial charge < -0.3 is 10.5 Å². The molecule has 1 aliphatic rings. The summed E-state index contributed by atoms with van der Waals surface area (Å²) < 4.78 is 6.85. The van der Waals surface area contributed by atoms with Gasteiger partial charge in [-0.05, 0) is 19.9 Å². The Bertz CT molecular complexity index is 968. The molecule has 8 heteroatoms. The fraction of sp³-hybridized carbons (Fsp3) is 0.375. The standard InChI is InChI=1S/C16H16N4O2S2/c1-16(2)4-10-8(5-22-16)3-9-12-13(24-14(9)20-10)15(19-7-18-12)23-6-11(17)21/h3,7H,4-6H2,1-2H3,(H2,17,21). The highest BCUT2D eigenvalue weighted by Crippen LogP contribution is 2.38. The molecule has 1 amide bonds. The van der Waals surface area contributed by atoms with E-state index in [9.17, 15) is 4.79 Å². The number of carbonyl (C=O) groups is 1. The van der Waals surface area contributed by atoms with Gasteiger partial charge in [-0.15, -0.1) is 11.3 Å². The van der Waals surface area contributed by atoms with Crippen LogP contribution < -0.4 is 5.73 Å². The number of amides is 1.